The van der Waals surface area contributed by atoms with E-state index in [1.165, 1.54) is 15.9 Å². The molecule has 0 spiro atoms. The average molecular weight is 769 g/mol. The Morgan fingerprint density at radius 2 is 1.89 bits per heavy atom. The lowest BCUT2D eigenvalue weighted by molar-refractivity contribution is -0.141. The van der Waals surface area contributed by atoms with Crippen molar-refractivity contribution >= 4 is 44.7 Å². The second kappa shape index (κ2) is 14.9. The van der Waals surface area contributed by atoms with Crippen molar-refractivity contribution in [1.29, 1.82) is 0 Å². The van der Waals surface area contributed by atoms with Gasteiger partial charge in [-0.2, -0.15) is 0 Å². The number of fused-ring (bicyclic) bond motifs is 3. The quantitative estimate of drug-likeness (QED) is 0.289. The lowest BCUT2D eigenvalue weighted by atomic mass is 10.0. The van der Waals surface area contributed by atoms with Crippen LogP contribution in [0.3, 0.4) is 0 Å². The van der Waals surface area contributed by atoms with Crippen molar-refractivity contribution in [1.82, 2.24) is 30.1 Å². The lowest BCUT2D eigenvalue weighted by Gasteiger charge is -2.30. The molecule has 2 aliphatic carbocycles. The molecular formula is C38H52N6O9S. The third-order valence-corrected chi connectivity index (χ3v) is 13.1. The molecular weight excluding hydrogens is 717 g/mol. The van der Waals surface area contributed by atoms with E-state index < -0.39 is 68.2 Å². The highest BCUT2D eigenvalue weighted by atomic mass is 32.2. The number of hydrogen-bond donors (Lipinski definition) is 4. The molecule has 4 N–H and O–H groups in total. The third kappa shape index (κ3) is 7.94. The Bertz CT molecular complexity index is 1960. The van der Waals surface area contributed by atoms with Crippen molar-refractivity contribution in [2.24, 2.45) is 5.92 Å². The Morgan fingerprint density at radius 1 is 1.15 bits per heavy atom. The molecule has 54 heavy (non-hydrogen) atoms. The van der Waals surface area contributed by atoms with Crippen molar-refractivity contribution in [2.45, 2.75) is 120 Å². The number of nitrogens with one attached hydrogen (secondary N) is 3. The van der Waals surface area contributed by atoms with Crippen molar-refractivity contribution in [3.8, 4) is 17.4 Å². The van der Waals surface area contributed by atoms with E-state index in [1.54, 1.807) is 40.1 Å². The molecule has 1 aromatic carbocycles. The summed E-state index contributed by atoms with van der Waals surface area (Å²) in [6.45, 7) is 7.00. The smallest absolute Gasteiger partial charge is 0.317 e. The van der Waals surface area contributed by atoms with E-state index in [0.717, 1.165) is 12.8 Å². The molecule has 2 saturated carbocycles. The normalized spacial score (nSPS) is 27.4. The Kier molecular flexibility index (Phi) is 10.8. The summed E-state index contributed by atoms with van der Waals surface area (Å²) in [6.07, 6.45) is 7.22. The number of amides is 5. The van der Waals surface area contributed by atoms with E-state index in [2.05, 4.69) is 20.3 Å². The summed E-state index contributed by atoms with van der Waals surface area (Å²) in [6, 6.07) is 2.34. The van der Waals surface area contributed by atoms with Gasteiger partial charge in [0.2, 0.25) is 27.7 Å². The van der Waals surface area contributed by atoms with Crippen LogP contribution in [0.5, 0.6) is 17.4 Å². The summed E-state index contributed by atoms with van der Waals surface area (Å²) in [5.41, 5.74) is -0.539. The summed E-state index contributed by atoms with van der Waals surface area (Å²) in [5, 5.41) is 16.8. The van der Waals surface area contributed by atoms with E-state index in [1.807, 2.05) is 26.0 Å². The van der Waals surface area contributed by atoms with Gasteiger partial charge in [0.05, 0.1) is 22.9 Å². The molecule has 1 aromatic heterocycles. The number of urea groups is 1. The molecule has 4 aliphatic rings. The fourth-order valence-corrected chi connectivity index (χ4v) is 8.48. The number of phenols is 1. The molecule has 0 radical (unpaired) electrons. The number of hydrogen-bond acceptors (Lipinski definition) is 10. The van der Waals surface area contributed by atoms with Crippen LogP contribution in [0.1, 0.15) is 84.1 Å². The monoisotopic (exact) mass is 768 g/mol. The van der Waals surface area contributed by atoms with Crippen molar-refractivity contribution in [2.75, 3.05) is 20.6 Å². The van der Waals surface area contributed by atoms with E-state index in [-0.39, 0.29) is 37.1 Å². The number of rotatable bonds is 8. The molecule has 0 bridgehead atoms. The largest absolute Gasteiger partial charge is 0.508 e. The molecule has 3 heterocycles. The molecule has 2 aliphatic heterocycles. The molecule has 3 fully saturated rings. The average Bonchev–Trinajstić information content (AvgIpc) is 3.98. The van der Waals surface area contributed by atoms with Gasteiger partial charge in [0, 0.05) is 43.5 Å². The zero-order valence-electron chi connectivity index (χ0n) is 31.8. The lowest BCUT2D eigenvalue weighted by Crippen LogP contribution is -2.59. The Morgan fingerprint density at radius 3 is 2.57 bits per heavy atom. The molecule has 16 heteroatoms. The first kappa shape index (κ1) is 39.1. The van der Waals surface area contributed by atoms with E-state index in [4.69, 9.17) is 9.47 Å². The molecule has 1 unspecified atom stereocenters. The number of benzene rings is 1. The van der Waals surface area contributed by atoms with Gasteiger partial charge in [0.1, 0.15) is 35.2 Å². The molecule has 6 rings (SSSR count). The highest BCUT2D eigenvalue weighted by Gasteiger charge is 2.63. The zero-order valence-corrected chi connectivity index (χ0v) is 32.6. The number of phenolic OH excluding ortho intramolecular Hbond substituents is 1. The number of aryl methyl sites for hydroxylation is 1. The van der Waals surface area contributed by atoms with Gasteiger partial charge >= 0.3 is 6.03 Å². The number of aromatic nitrogens is 1. The second-order valence-electron chi connectivity index (χ2n) is 15.8. The minimum atomic E-state index is -4.00. The van der Waals surface area contributed by atoms with Crippen LogP contribution in [-0.4, -0.2) is 107 Å². The first-order valence-electron chi connectivity index (χ1n) is 18.7. The SMILES string of the molecule is Cc1c(O)ccc2c(O[C@@H]3C[C@H]4C(=O)N[C@]5(C(=O)NS(=O)(=O)C6(C)CC6)CC5/C=C\CCCCC[C@H](NC(=O)N(C)C)C(=O)N4C3)cc(OC(C)C)nc12. The molecule has 5 atom stereocenters. The number of ether oxygens (including phenoxy) is 2. The van der Waals surface area contributed by atoms with Crippen LogP contribution in [0.25, 0.3) is 10.9 Å². The van der Waals surface area contributed by atoms with Gasteiger partial charge in [0.25, 0.3) is 5.91 Å². The van der Waals surface area contributed by atoms with Gasteiger partial charge in [-0.3, -0.25) is 19.1 Å². The highest BCUT2D eigenvalue weighted by molar-refractivity contribution is 7.91. The van der Waals surface area contributed by atoms with Crippen LogP contribution in [0, 0.1) is 12.8 Å². The number of carbonyl (C=O) groups excluding carboxylic acids is 4. The molecule has 294 valence electrons. The minimum Gasteiger partial charge on any atom is -0.508 e. The molecule has 2 aromatic rings. The molecule has 15 nitrogen and oxygen atoms in total. The predicted molar refractivity (Wildman–Crippen MR) is 200 cm³/mol. The van der Waals surface area contributed by atoms with E-state index in [9.17, 15) is 32.7 Å². The van der Waals surface area contributed by atoms with Crippen molar-refractivity contribution < 1.29 is 42.2 Å². The van der Waals surface area contributed by atoms with Crippen LogP contribution in [0.15, 0.2) is 30.4 Å². The summed E-state index contributed by atoms with van der Waals surface area (Å²) in [4.78, 5) is 63.0. The predicted octanol–water partition coefficient (Wildman–Crippen LogP) is 3.42. The van der Waals surface area contributed by atoms with Gasteiger partial charge in [-0.15, -0.1) is 0 Å². The van der Waals surface area contributed by atoms with Gasteiger partial charge in [-0.1, -0.05) is 25.0 Å². The standard InChI is InChI=1S/C38H52N6O9S/c1-22(2)52-31-19-30(26-14-15-29(45)23(3)32(26)40-31)53-25-18-28-33(46)41-38(35(48)42-54(50,51)37(4)16-17-37)20-24(38)12-10-8-7-9-11-13-27(34(47)44(28)21-25)39-36(49)43(5)6/h10,12,14-15,19,22,24-25,27-28,45H,7-9,11,13,16-18,20-21H2,1-6H3,(H,39,49)(H,41,46)(H,42,48)/b12-10-/t24?,25-,27+,28+,38-/m1/s1. The fraction of sp³-hybridized carbons (Fsp3) is 0.605. The van der Waals surface area contributed by atoms with Gasteiger partial charge < -0.3 is 35.0 Å². The van der Waals surface area contributed by atoms with Gasteiger partial charge in [-0.25, -0.2) is 18.2 Å². The summed E-state index contributed by atoms with van der Waals surface area (Å²) < 4.78 is 40.0. The van der Waals surface area contributed by atoms with Crippen LogP contribution < -0.4 is 24.8 Å². The highest BCUT2D eigenvalue weighted by Crippen LogP contribution is 2.47. The topological polar surface area (TPSA) is 197 Å². The number of allylic oxidation sites excluding steroid dienone is 1. The summed E-state index contributed by atoms with van der Waals surface area (Å²) in [7, 11) is -0.843. The number of pyridine rings is 1. The minimum absolute atomic E-state index is 0.0260. The Hall–Kier alpha value is -4.60. The molecule has 1 saturated heterocycles. The van der Waals surface area contributed by atoms with E-state index >= 15 is 0 Å². The number of sulfonamides is 1. The van der Waals surface area contributed by atoms with Crippen molar-refractivity contribution in [3.05, 3.63) is 35.9 Å². The van der Waals surface area contributed by atoms with Crippen LogP contribution in [0.2, 0.25) is 0 Å². The van der Waals surface area contributed by atoms with Crippen LogP contribution in [0.4, 0.5) is 4.79 Å². The van der Waals surface area contributed by atoms with E-state index in [0.29, 0.717) is 54.3 Å². The number of nitrogens with zero attached hydrogens (tertiary/aromatic N) is 3. The maximum Gasteiger partial charge on any atom is 0.317 e. The summed E-state index contributed by atoms with van der Waals surface area (Å²) in [5.74, 6) is -1.66. The van der Waals surface area contributed by atoms with Crippen molar-refractivity contribution in [3.63, 3.8) is 0 Å². The first-order chi connectivity index (χ1) is 25.4. The van der Waals surface area contributed by atoms with Gasteiger partial charge in [0.15, 0.2) is 0 Å². The maximum atomic E-state index is 14.5. The number of aromatic hydroxyl groups is 1. The Labute approximate surface area is 316 Å². The third-order valence-electron chi connectivity index (χ3n) is 11.0. The Balaban J connectivity index is 1.35. The van der Waals surface area contributed by atoms with Gasteiger partial charge in [-0.05, 0) is 78.4 Å². The maximum absolute atomic E-state index is 14.5. The van der Waals surface area contributed by atoms with Crippen LogP contribution >= 0.6 is 0 Å². The zero-order chi connectivity index (χ0) is 39.2. The number of carbonyl (C=O) groups is 4. The molecule has 5 amide bonds. The summed E-state index contributed by atoms with van der Waals surface area (Å²) >= 11 is 0. The fourth-order valence-electron chi connectivity index (χ4n) is 7.17. The first-order valence-corrected chi connectivity index (χ1v) is 20.2. The second-order valence-corrected chi connectivity index (χ2v) is 18.0. The van der Waals surface area contributed by atoms with Crippen LogP contribution in [-0.2, 0) is 24.4 Å².